The number of rotatable bonds is 10. The van der Waals surface area contributed by atoms with Crippen LogP contribution >= 0.6 is 0 Å². The first-order chi connectivity index (χ1) is 16.7. The third kappa shape index (κ3) is 5.41. The number of para-hydroxylation sites is 1. The predicted octanol–water partition coefficient (Wildman–Crippen LogP) is 6.68. The van der Waals surface area contributed by atoms with Gasteiger partial charge in [-0.3, -0.25) is 4.90 Å². The van der Waals surface area contributed by atoms with Crippen LogP contribution in [0.25, 0.3) is 0 Å². The highest BCUT2D eigenvalue weighted by Gasteiger charge is 2.58. The summed E-state index contributed by atoms with van der Waals surface area (Å²) in [6.07, 6.45) is 4.77. The molecule has 2 aliphatic carbocycles. The van der Waals surface area contributed by atoms with Gasteiger partial charge >= 0.3 is 0 Å². The standard InChI is InChI=1S/C31H42N4/c1-22(2)34(23(3)4)16-17-35(25(6)33-30-13-8-7-10-24(30)5)29-14-15-31(20-28(31)19-29)27-12-9-11-26(18-27)21-32/h7-13,18,22-23,28-29,33H,6,14-17,19-20H2,1-5H3. The fraction of sp³-hybridized carbons (Fsp3) is 0.516. The SMILES string of the molecule is C=C(Nc1ccccc1C)N(CCN(C(C)C)C(C)C)C1CCC2(c3cccc(C#N)c3)CC2C1. The molecule has 0 radical (unpaired) electrons. The summed E-state index contributed by atoms with van der Waals surface area (Å²) in [6.45, 7) is 17.8. The van der Waals surface area contributed by atoms with E-state index in [9.17, 15) is 5.26 Å². The van der Waals surface area contributed by atoms with Gasteiger partial charge in [0, 0.05) is 36.9 Å². The van der Waals surface area contributed by atoms with Crippen molar-refractivity contribution in [1.82, 2.24) is 9.80 Å². The van der Waals surface area contributed by atoms with Gasteiger partial charge in [-0.25, -0.2) is 0 Å². The zero-order valence-electron chi connectivity index (χ0n) is 22.2. The van der Waals surface area contributed by atoms with Crippen molar-refractivity contribution in [2.24, 2.45) is 5.92 Å². The second kappa shape index (κ2) is 10.5. The molecule has 3 unspecified atom stereocenters. The molecule has 4 heteroatoms. The van der Waals surface area contributed by atoms with Crippen LogP contribution < -0.4 is 5.32 Å². The minimum absolute atomic E-state index is 0.279. The predicted molar refractivity (Wildman–Crippen MR) is 146 cm³/mol. The lowest BCUT2D eigenvalue weighted by Crippen LogP contribution is -2.47. The van der Waals surface area contributed by atoms with E-state index in [0.29, 0.717) is 24.0 Å². The molecule has 2 aliphatic rings. The van der Waals surface area contributed by atoms with E-state index >= 15 is 0 Å². The van der Waals surface area contributed by atoms with E-state index in [1.165, 1.54) is 30.4 Å². The van der Waals surface area contributed by atoms with Crippen molar-refractivity contribution in [3.05, 3.63) is 77.6 Å². The van der Waals surface area contributed by atoms with Gasteiger partial charge in [0.15, 0.2) is 0 Å². The molecule has 4 rings (SSSR count). The Labute approximate surface area is 212 Å². The summed E-state index contributed by atoms with van der Waals surface area (Å²) >= 11 is 0. The summed E-state index contributed by atoms with van der Waals surface area (Å²) < 4.78 is 0. The molecule has 35 heavy (non-hydrogen) atoms. The van der Waals surface area contributed by atoms with Crippen LogP contribution in [-0.4, -0.2) is 41.0 Å². The van der Waals surface area contributed by atoms with Gasteiger partial charge in [-0.1, -0.05) is 36.9 Å². The molecule has 0 saturated heterocycles. The lowest BCUT2D eigenvalue weighted by molar-refractivity contribution is 0.125. The van der Waals surface area contributed by atoms with Crippen LogP contribution in [0, 0.1) is 24.2 Å². The van der Waals surface area contributed by atoms with E-state index in [2.05, 4.69) is 105 Å². The third-order valence-corrected chi connectivity index (χ3v) is 8.42. The van der Waals surface area contributed by atoms with Crippen LogP contribution in [0.1, 0.15) is 70.1 Å². The summed E-state index contributed by atoms with van der Waals surface area (Å²) in [5.41, 5.74) is 4.80. The van der Waals surface area contributed by atoms with Gasteiger partial charge in [0.05, 0.1) is 17.5 Å². The molecule has 2 aromatic carbocycles. The molecule has 0 aromatic heterocycles. The van der Waals surface area contributed by atoms with Gasteiger partial charge in [0.25, 0.3) is 0 Å². The van der Waals surface area contributed by atoms with Gasteiger partial charge in [-0.15, -0.1) is 0 Å². The lowest BCUT2D eigenvalue weighted by atomic mass is 9.80. The van der Waals surface area contributed by atoms with Gasteiger partial charge in [0.1, 0.15) is 0 Å². The van der Waals surface area contributed by atoms with Gasteiger partial charge in [-0.05, 0) is 101 Å². The first kappa shape index (κ1) is 25.3. The normalized spacial score (nSPS) is 23.2. The molecule has 2 saturated carbocycles. The molecule has 2 aromatic rings. The number of anilines is 1. The number of hydrogen-bond donors (Lipinski definition) is 1. The Morgan fingerprint density at radius 2 is 1.86 bits per heavy atom. The monoisotopic (exact) mass is 470 g/mol. The molecule has 3 atom stereocenters. The summed E-state index contributed by atoms with van der Waals surface area (Å²) in [6, 6.07) is 20.6. The van der Waals surface area contributed by atoms with Crippen molar-refractivity contribution in [3.63, 3.8) is 0 Å². The Hall–Kier alpha value is -2.77. The summed E-state index contributed by atoms with van der Waals surface area (Å²) in [4.78, 5) is 5.13. The highest BCUT2D eigenvalue weighted by atomic mass is 15.3. The van der Waals surface area contributed by atoms with Crippen LogP contribution in [0.4, 0.5) is 5.69 Å². The molecule has 0 aliphatic heterocycles. The average molecular weight is 471 g/mol. The summed E-state index contributed by atoms with van der Waals surface area (Å²) in [7, 11) is 0. The molecule has 4 nitrogen and oxygen atoms in total. The quantitative estimate of drug-likeness (QED) is 0.420. The second-order valence-electron chi connectivity index (χ2n) is 11.2. The number of fused-ring (bicyclic) bond motifs is 1. The average Bonchev–Trinajstić information content (AvgIpc) is 3.58. The van der Waals surface area contributed by atoms with Crippen LogP contribution in [0.5, 0.6) is 0 Å². The topological polar surface area (TPSA) is 42.3 Å². The number of nitrogens with one attached hydrogen (secondary N) is 1. The number of hydrogen-bond acceptors (Lipinski definition) is 4. The fourth-order valence-electron chi connectivity index (χ4n) is 6.36. The second-order valence-corrected chi connectivity index (χ2v) is 11.2. The molecule has 0 amide bonds. The number of benzene rings is 2. The molecule has 1 N–H and O–H groups in total. The van der Waals surface area contributed by atoms with Crippen LogP contribution in [0.2, 0.25) is 0 Å². The van der Waals surface area contributed by atoms with Gasteiger partial charge in [0.2, 0.25) is 0 Å². The first-order valence-electron chi connectivity index (χ1n) is 13.3. The molecule has 0 spiro atoms. The third-order valence-electron chi connectivity index (χ3n) is 8.42. The Kier molecular flexibility index (Phi) is 7.57. The van der Waals surface area contributed by atoms with E-state index in [1.54, 1.807) is 0 Å². The van der Waals surface area contributed by atoms with E-state index in [1.807, 2.05) is 6.07 Å². The number of aryl methyl sites for hydroxylation is 1. The van der Waals surface area contributed by atoms with E-state index in [0.717, 1.165) is 36.6 Å². The van der Waals surface area contributed by atoms with Crippen molar-refractivity contribution in [2.75, 3.05) is 18.4 Å². The molecular weight excluding hydrogens is 428 g/mol. The van der Waals surface area contributed by atoms with Crippen LogP contribution in [-0.2, 0) is 5.41 Å². The molecule has 2 fully saturated rings. The Balaban J connectivity index is 1.51. The maximum atomic E-state index is 9.38. The molecule has 0 heterocycles. The minimum atomic E-state index is 0.279. The smallest absolute Gasteiger partial charge is 0.0991 e. The van der Waals surface area contributed by atoms with E-state index in [4.69, 9.17) is 0 Å². The van der Waals surface area contributed by atoms with E-state index in [-0.39, 0.29) is 5.41 Å². The van der Waals surface area contributed by atoms with Gasteiger partial charge in [-0.2, -0.15) is 5.26 Å². The molecule has 0 bridgehead atoms. The Bertz CT molecular complexity index is 1070. The summed E-state index contributed by atoms with van der Waals surface area (Å²) in [5.74, 6) is 1.70. The number of nitrogens with zero attached hydrogens (tertiary/aromatic N) is 3. The largest absolute Gasteiger partial charge is 0.354 e. The summed E-state index contributed by atoms with van der Waals surface area (Å²) in [5, 5.41) is 13.0. The van der Waals surface area contributed by atoms with Crippen molar-refractivity contribution >= 4 is 5.69 Å². The van der Waals surface area contributed by atoms with Crippen LogP contribution in [0.15, 0.2) is 60.9 Å². The fourth-order valence-corrected chi connectivity index (χ4v) is 6.36. The van der Waals surface area contributed by atoms with Crippen molar-refractivity contribution in [1.29, 1.82) is 5.26 Å². The highest BCUT2D eigenvalue weighted by Crippen LogP contribution is 2.63. The van der Waals surface area contributed by atoms with E-state index < -0.39 is 0 Å². The first-order valence-corrected chi connectivity index (χ1v) is 13.3. The molecular formula is C31H42N4. The van der Waals surface area contributed by atoms with Crippen molar-refractivity contribution < 1.29 is 0 Å². The zero-order chi connectivity index (χ0) is 25.2. The Morgan fingerprint density at radius 1 is 1.11 bits per heavy atom. The maximum absolute atomic E-state index is 9.38. The maximum Gasteiger partial charge on any atom is 0.0991 e. The minimum Gasteiger partial charge on any atom is -0.354 e. The number of nitriles is 1. The highest BCUT2D eigenvalue weighted by molar-refractivity contribution is 5.53. The van der Waals surface area contributed by atoms with Crippen molar-refractivity contribution in [3.8, 4) is 6.07 Å². The van der Waals surface area contributed by atoms with Crippen molar-refractivity contribution in [2.45, 2.75) is 83.8 Å². The van der Waals surface area contributed by atoms with Gasteiger partial charge < -0.3 is 10.2 Å². The lowest BCUT2D eigenvalue weighted by Gasteiger charge is -2.41. The Morgan fingerprint density at radius 3 is 2.51 bits per heavy atom. The van der Waals surface area contributed by atoms with Crippen LogP contribution in [0.3, 0.4) is 0 Å². The molecule has 186 valence electrons. The zero-order valence-corrected chi connectivity index (χ0v) is 22.2.